The summed E-state index contributed by atoms with van der Waals surface area (Å²) in [6, 6.07) is 9.69. The van der Waals surface area contributed by atoms with Crippen molar-refractivity contribution >= 4 is 26.8 Å². The highest BCUT2D eigenvalue weighted by Crippen LogP contribution is 2.30. The number of halogens is 4. The predicted octanol–water partition coefficient (Wildman–Crippen LogP) is 5.65. The third kappa shape index (κ3) is 6.08. The normalized spacial score (nSPS) is 12.5. The average Bonchev–Trinajstić information content (AvgIpc) is 3.30. The van der Waals surface area contributed by atoms with Crippen LogP contribution < -0.4 is 0 Å². The van der Waals surface area contributed by atoms with Gasteiger partial charge in [0.2, 0.25) is 5.09 Å². The quantitative estimate of drug-likeness (QED) is 0.251. The number of carbonyl (C=O) groups excluding carboxylic acids is 1. The number of aromatic nitrogens is 2. The molecule has 0 N–H and O–H groups in total. The lowest BCUT2D eigenvalue weighted by Crippen LogP contribution is -2.40. The molecule has 0 aliphatic heterocycles. The minimum Gasteiger partial charge on any atom is -0.443 e. The summed E-state index contributed by atoms with van der Waals surface area (Å²) in [5.41, 5.74) is 0.685. The Balaban J connectivity index is 1.45. The van der Waals surface area contributed by atoms with E-state index in [1.807, 2.05) is 0 Å². The highest BCUT2D eigenvalue weighted by molar-refractivity contribution is 7.89. The largest absolute Gasteiger partial charge is 0.443 e. The van der Waals surface area contributed by atoms with Crippen LogP contribution in [-0.4, -0.2) is 41.1 Å². The van der Waals surface area contributed by atoms with Crippen molar-refractivity contribution in [3.05, 3.63) is 78.0 Å². The van der Waals surface area contributed by atoms with E-state index in [0.29, 0.717) is 17.0 Å². The molecule has 12 heteroatoms. The number of hydrogen-bond acceptors (Lipinski definition) is 6. The van der Waals surface area contributed by atoms with Crippen LogP contribution in [0.25, 0.3) is 22.2 Å². The third-order valence-corrected chi connectivity index (χ3v) is 7.67. The SMILES string of the molecule is CC(C)N(CC(=O)CCc1cc(-c2ccc(C(F)(F)F)cn2)ccn1)S(=O)(=O)c1cc2cc(F)ccc2o1. The number of hydrogen-bond donors (Lipinski definition) is 0. The molecule has 0 aliphatic rings. The number of pyridine rings is 2. The first-order chi connectivity index (χ1) is 17.8. The highest BCUT2D eigenvalue weighted by atomic mass is 32.2. The molecule has 4 aromatic rings. The summed E-state index contributed by atoms with van der Waals surface area (Å²) in [7, 11) is -4.19. The van der Waals surface area contributed by atoms with E-state index >= 15 is 0 Å². The second-order valence-corrected chi connectivity index (χ2v) is 10.7. The van der Waals surface area contributed by atoms with Gasteiger partial charge in [-0.1, -0.05) is 0 Å². The van der Waals surface area contributed by atoms with E-state index in [1.54, 1.807) is 26.0 Å². The molecule has 4 rings (SSSR count). The number of Topliss-reactive ketones (excluding diaryl/α,β-unsaturated/α-hetero) is 1. The van der Waals surface area contributed by atoms with E-state index < -0.39 is 45.3 Å². The number of nitrogens with zero attached hydrogens (tertiary/aromatic N) is 3. The Labute approximate surface area is 216 Å². The van der Waals surface area contributed by atoms with Crippen LogP contribution in [0.2, 0.25) is 0 Å². The summed E-state index contributed by atoms with van der Waals surface area (Å²) >= 11 is 0. The summed E-state index contributed by atoms with van der Waals surface area (Å²) in [5, 5.41) is -0.106. The minimum absolute atomic E-state index is 0.0268. The Kier molecular flexibility index (Phi) is 7.65. The van der Waals surface area contributed by atoms with Crippen LogP contribution in [-0.2, 0) is 27.4 Å². The molecular formula is C26H23F4N3O4S. The van der Waals surface area contributed by atoms with Crippen molar-refractivity contribution in [2.45, 2.75) is 44.0 Å². The molecular weight excluding hydrogens is 526 g/mol. The van der Waals surface area contributed by atoms with Gasteiger partial charge in [0.25, 0.3) is 10.0 Å². The first-order valence-electron chi connectivity index (χ1n) is 11.6. The van der Waals surface area contributed by atoms with Gasteiger partial charge < -0.3 is 4.42 Å². The van der Waals surface area contributed by atoms with Gasteiger partial charge in [-0.25, -0.2) is 12.8 Å². The zero-order valence-electron chi connectivity index (χ0n) is 20.4. The second kappa shape index (κ2) is 10.6. The van der Waals surface area contributed by atoms with Crippen molar-refractivity contribution < 1.29 is 35.2 Å². The maximum atomic E-state index is 13.5. The van der Waals surface area contributed by atoms with Gasteiger partial charge in [-0.05, 0) is 62.7 Å². The molecule has 200 valence electrons. The molecule has 0 radical (unpaired) electrons. The Morgan fingerprint density at radius 1 is 1.05 bits per heavy atom. The molecule has 0 fully saturated rings. The Bertz CT molecular complexity index is 1570. The van der Waals surface area contributed by atoms with Crippen LogP contribution in [0.5, 0.6) is 0 Å². The molecule has 0 spiro atoms. The number of benzene rings is 1. The number of alkyl halides is 3. The maximum Gasteiger partial charge on any atom is 0.417 e. The summed E-state index contributed by atoms with van der Waals surface area (Å²) in [6.07, 6.45) is -2.12. The molecule has 0 amide bonds. The monoisotopic (exact) mass is 549 g/mol. The smallest absolute Gasteiger partial charge is 0.417 e. The lowest BCUT2D eigenvalue weighted by molar-refractivity contribution is -0.137. The standard InChI is InChI=1S/C26H23F4N3O4S/c1-16(2)33(38(35,36)25-13-18-11-20(27)4-8-24(18)37-25)15-22(34)6-5-21-12-17(9-10-31-21)23-7-3-19(14-32-23)26(28,29)30/h3-4,7-14,16H,5-6,15H2,1-2H3. The minimum atomic E-state index is -4.49. The van der Waals surface area contributed by atoms with Gasteiger partial charge in [-0.2, -0.15) is 17.5 Å². The predicted molar refractivity (Wildman–Crippen MR) is 131 cm³/mol. The Hall–Kier alpha value is -3.64. The van der Waals surface area contributed by atoms with Crippen molar-refractivity contribution in [2.24, 2.45) is 0 Å². The molecule has 0 saturated heterocycles. The summed E-state index contributed by atoms with van der Waals surface area (Å²) < 4.78 is 84.8. The topological polar surface area (TPSA) is 93.4 Å². The van der Waals surface area contributed by atoms with E-state index in [4.69, 9.17) is 4.42 Å². The van der Waals surface area contributed by atoms with E-state index in [0.717, 1.165) is 28.7 Å². The first-order valence-corrected chi connectivity index (χ1v) is 13.0. The fourth-order valence-electron chi connectivity index (χ4n) is 3.80. The number of fused-ring (bicyclic) bond motifs is 1. The number of rotatable bonds is 9. The molecule has 0 atom stereocenters. The van der Waals surface area contributed by atoms with E-state index in [2.05, 4.69) is 9.97 Å². The van der Waals surface area contributed by atoms with Gasteiger partial charge in [-0.3, -0.25) is 14.8 Å². The molecule has 0 bridgehead atoms. The van der Waals surface area contributed by atoms with E-state index in [-0.39, 0.29) is 29.6 Å². The zero-order valence-corrected chi connectivity index (χ0v) is 21.2. The van der Waals surface area contributed by atoms with Crippen LogP contribution >= 0.6 is 0 Å². The fraction of sp³-hybridized carbons (Fsp3) is 0.269. The van der Waals surface area contributed by atoms with E-state index in [1.165, 1.54) is 24.4 Å². The van der Waals surface area contributed by atoms with Crippen molar-refractivity contribution in [3.63, 3.8) is 0 Å². The first kappa shape index (κ1) is 27.4. The lowest BCUT2D eigenvalue weighted by atomic mass is 10.1. The van der Waals surface area contributed by atoms with Crippen molar-refractivity contribution in [1.82, 2.24) is 14.3 Å². The second-order valence-electron chi connectivity index (χ2n) is 8.90. The van der Waals surface area contributed by atoms with Crippen LogP contribution in [0.4, 0.5) is 17.6 Å². The maximum absolute atomic E-state index is 13.5. The number of sulfonamides is 1. The van der Waals surface area contributed by atoms with Crippen LogP contribution in [0.15, 0.2) is 70.4 Å². The van der Waals surface area contributed by atoms with Gasteiger partial charge in [0.1, 0.15) is 17.2 Å². The third-order valence-electron chi connectivity index (χ3n) is 5.79. The molecule has 7 nitrogen and oxygen atoms in total. The molecule has 1 aromatic carbocycles. The van der Waals surface area contributed by atoms with Gasteiger partial charge in [0.15, 0.2) is 0 Å². The molecule has 0 unspecified atom stereocenters. The fourth-order valence-corrected chi connectivity index (χ4v) is 5.38. The number of furan rings is 1. The van der Waals surface area contributed by atoms with Crippen LogP contribution in [0.3, 0.4) is 0 Å². The summed E-state index contributed by atoms with van der Waals surface area (Å²) in [4.78, 5) is 20.8. The highest BCUT2D eigenvalue weighted by Gasteiger charge is 2.32. The number of ketones is 1. The summed E-state index contributed by atoms with van der Waals surface area (Å²) in [5.74, 6) is -0.908. The molecule has 3 heterocycles. The lowest BCUT2D eigenvalue weighted by Gasteiger charge is -2.23. The number of aryl methyl sites for hydroxylation is 1. The Morgan fingerprint density at radius 2 is 1.82 bits per heavy atom. The van der Waals surface area contributed by atoms with Gasteiger partial charge in [-0.15, -0.1) is 0 Å². The zero-order chi connectivity index (χ0) is 27.7. The van der Waals surface area contributed by atoms with Gasteiger partial charge in [0.05, 0.1) is 17.8 Å². The van der Waals surface area contributed by atoms with Crippen molar-refractivity contribution in [2.75, 3.05) is 6.54 Å². The van der Waals surface area contributed by atoms with Gasteiger partial charge in [0, 0.05) is 47.6 Å². The van der Waals surface area contributed by atoms with E-state index in [9.17, 15) is 30.8 Å². The number of carbonyl (C=O) groups is 1. The Morgan fingerprint density at radius 3 is 2.47 bits per heavy atom. The average molecular weight is 550 g/mol. The molecule has 38 heavy (non-hydrogen) atoms. The summed E-state index contributed by atoms with van der Waals surface area (Å²) in [6.45, 7) is 2.83. The van der Waals surface area contributed by atoms with Crippen molar-refractivity contribution in [1.29, 1.82) is 0 Å². The molecule has 0 saturated carbocycles. The van der Waals surface area contributed by atoms with Crippen LogP contribution in [0, 0.1) is 5.82 Å². The van der Waals surface area contributed by atoms with Gasteiger partial charge >= 0.3 is 6.18 Å². The molecule has 3 aromatic heterocycles. The van der Waals surface area contributed by atoms with Crippen molar-refractivity contribution in [3.8, 4) is 11.3 Å². The van der Waals surface area contributed by atoms with Crippen LogP contribution in [0.1, 0.15) is 31.5 Å². The molecule has 0 aliphatic carbocycles.